The second-order valence-electron chi connectivity index (χ2n) is 5.85. The lowest BCUT2D eigenvalue weighted by molar-refractivity contribution is -0.118. The van der Waals surface area contributed by atoms with Crippen LogP contribution < -0.4 is 5.32 Å². The Morgan fingerprint density at radius 3 is 2.85 bits per heavy atom. The monoisotopic (exact) mass is 294 g/mol. The van der Waals surface area contributed by atoms with Gasteiger partial charge in [0, 0.05) is 12.6 Å². The molecule has 5 nitrogen and oxygen atoms in total. The first-order valence-electron chi connectivity index (χ1n) is 7.62. The van der Waals surface area contributed by atoms with Crippen LogP contribution in [0.15, 0.2) is 11.5 Å². The van der Waals surface area contributed by atoms with E-state index in [0.29, 0.717) is 17.7 Å². The van der Waals surface area contributed by atoms with Crippen molar-refractivity contribution < 1.29 is 4.79 Å². The Hall–Kier alpha value is -1.04. The van der Waals surface area contributed by atoms with E-state index < -0.39 is 0 Å². The van der Waals surface area contributed by atoms with Crippen molar-refractivity contribution in [3.05, 3.63) is 6.33 Å². The normalized spacial score (nSPS) is 20.0. The molecule has 1 heterocycles. The molecule has 1 N–H and O–H groups in total. The van der Waals surface area contributed by atoms with Gasteiger partial charge in [0.05, 0.1) is 5.75 Å². The lowest BCUT2D eigenvalue weighted by atomic mass is 9.89. The van der Waals surface area contributed by atoms with Crippen LogP contribution in [-0.4, -0.2) is 33.0 Å². The molecule has 0 aliphatic heterocycles. The smallest absolute Gasteiger partial charge is 0.230 e. The van der Waals surface area contributed by atoms with Gasteiger partial charge in [0.1, 0.15) is 6.33 Å². The topological polar surface area (TPSA) is 59.8 Å². The second-order valence-corrected chi connectivity index (χ2v) is 6.79. The average molecular weight is 294 g/mol. The predicted molar refractivity (Wildman–Crippen MR) is 78.6 cm³/mol. The first kappa shape index (κ1) is 13.9. The Labute approximate surface area is 123 Å². The molecule has 1 aromatic rings. The van der Waals surface area contributed by atoms with Gasteiger partial charge < -0.3 is 9.88 Å². The maximum absolute atomic E-state index is 11.9. The molecular weight excluding hydrogens is 272 g/mol. The lowest BCUT2D eigenvalue weighted by Gasteiger charge is -2.21. The van der Waals surface area contributed by atoms with Gasteiger partial charge in [-0.05, 0) is 31.6 Å². The fourth-order valence-corrected chi connectivity index (χ4v) is 3.58. The van der Waals surface area contributed by atoms with Crippen molar-refractivity contribution in [3.63, 3.8) is 0 Å². The Morgan fingerprint density at radius 1 is 1.30 bits per heavy atom. The van der Waals surface area contributed by atoms with Gasteiger partial charge in [-0.3, -0.25) is 4.79 Å². The Morgan fingerprint density at radius 2 is 2.10 bits per heavy atom. The number of nitrogens with zero attached hydrogens (tertiary/aromatic N) is 3. The molecule has 2 aliphatic carbocycles. The molecule has 0 spiro atoms. The van der Waals surface area contributed by atoms with E-state index in [-0.39, 0.29) is 5.91 Å². The van der Waals surface area contributed by atoms with Crippen molar-refractivity contribution in [2.24, 2.45) is 5.92 Å². The van der Waals surface area contributed by atoms with Gasteiger partial charge in [0.25, 0.3) is 0 Å². The summed E-state index contributed by atoms with van der Waals surface area (Å²) in [6, 6.07) is 0.567. The molecule has 0 saturated heterocycles. The molecule has 0 aromatic carbocycles. The molecule has 110 valence electrons. The second kappa shape index (κ2) is 6.61. The van der Waals surface area contributed by atoms with E-state index in [4.69, 9.17) is 0 Å². The van der Waals surface area contributed by atoms with Gasteiger partial charge in [-0.2, -0.15) is 0 Å². The number of hydrogen-bond acceptors (Lipinski definition) is 4. The van der Waals surface area contributed by atoms with Crippen LogP contribution in [0.5, 0.6) is 0 Å². The first-order chi connectivity index (χ1) is 9.83. The van der Waals surface area contributed by atoms with Crippen LogP contribution in [0.1, 0.15) is 51.0 Å². The molecule has 2 saturated carbocycles. The van der Waals surface area contributed by atoms with Crippen LogP contribution in [0, 0.1) is 5.92 Å². The lowest BCUT2D eigenvalue weighted by Crippen LogP contribution is -2.31. The summed E-state index contributed by atoms with van der Waals surface area (Å²) < 4.78 is 2.10. The van der Waals surface area contributed by atoms with Crippen molar-refractivity contribution in [1.29, 1.82) is 0 Å². The van der Waals surface area contributed by atoms with Gasteiger partial charge in [-0.1, -0.05) is 31.0 Å². The van der Waals surface area contributed by atoms with Crippen LogP contribution in [0.3, 0.4) is 0 Å². The third kappa shape index (κ3) is 3.75. The number of rotatable bonds is 6. The largest absolute Gasteiger partial charge is 0.355 e. The zero-order valence-electron chi connectivity index (χ0n) is 11.8. The van der Waals surface area contributed by atoms with Crippen molar-refractivity contribution in [3.8, 4) is 0 Å². The maximum atomic E-state index is 11.9. The summed E-state index contributed by atoms with van der Waals surface area (Å²) >= 11 is 1.49. The summed E-state index contributed by atoms with van der Waals surface area (Å²) in [5.41, 5.74) is 0. The number of carbonyl (C=O) groups excluding carboxylic acids is 1. The highest BCUT2D eigenvalue weighted by Crippen LogP contribution is 2.37. The van der Waals surface area contributed by atoms with Crippen molar-refractivity contribution in [1.82, 2.24) is 20.1 Å². The molecule has 20 heavy (non-hydrogen) atoms. The van der Waals surface area contributed by atoms with E-state index in [1.54, 1.807) is 6.33 Å². The van der Waals surface area contributed by atoms with Crippen LogP contribution in [-0.2, 0) is 4.79 Å². The van der Waals surface area contributed by atoms with Crippen molar-refractivity contribution >= 4 is 17.7 Å². The minimum absolute atomic E-state index is 0.117. The fourth-order valence-electron chi connectivity index (χ4n) is 2.77. The van der Waals surface area contributed by atoms with Crippen molar-refractivity contribution in [2.45, 2.75) is 56.1 Å². The van der Waals surface area contributed by atoms with Crippen LogP contribution in [0.4, 0.5) is 0 Å². The molecule has 0 unspecified atom stereocenters. The van der Waals surface area contributed by atoms with E-state index in [1.165, 1.54) is 56.7 Å². The van der Waals surface area contributed by atoms with E-state index in [2.05, 4.69) is 20.1 Å². The predicted octanol–water partition coefficient (Wildman–Crippen LogP) is 2.40. The SMILES string of the molecule is O=C(CSc1nncn1C1CC1)NCC1CCCCC1. The quantitative estimate of drug-likeness (QED) is 0.819. The third-order valence-electron chi connectivity index (χ3n) is 4.13. The van der Waals surface area contributed by atoms with Crippen LogP contribution in [0.25, 0.3) is 0 Å². The van der Waals surface area contributed by atoms with Crippen LogP contribution >= 0.6 is 11.8 Å². The maximum Gasteiger partial charge on any atom is 0.230 e. The highest BCUT2D eigenvalue weighted by atomic mass is 32.2. The molecule has 2 aliphatic rings. The minimum Gasteiger partial charge on any atom is -0.355 e. The number of aromatic nitrogens is 3. The molecule has 2 fully saturated rings. The number of hydrogen-bond donors (Lipinski definition) is 1. The van der Waals surface area contributed by atoms with Crippen molar-refractivity contribution in [2.75, 3.05) is 12.3 Å². The summed E-state index contributed by atoms with van der Waals surface area (Å²) in [6.07, 6.45) is 10.7. The summed E-state index contributed by atoms with van der Waals surface area (Å²) in [7, 11) is 0. The van der Waals surface area contributed by atoms with Crippen LogP contribution in [0.2, 0.25) is 0 Å². The average Bonchev–Trinajstić information content (AvgIpc) is 3.22. The summed E-state index contributed by atoms with van der Waals surface area (Å²) in [5, 5.41) is 12.0. The molecule has 6 heteroatoms. The van der Waals surface area contributed by atoms with Gasteiger partial charge in [-0.15, -0.1) is 10.2 Å². The summed E-state index contributed by atoms with van der Waals surface area (Å²) in [5.74, 6) is 1.25. The standard InChI is InChI=1S/C14H22N4OS/c19-13(15-8-11-4-2-1-3-5-11)9-20-14-17-16-10-18(14)12-6-7-12/h10-12H,1-9H2,(H,15,19). The number of amides is 1. The minimum atomic E-state index is 0.117. The zero-order valence-corrected chi connectivity index (χ0v) is 12.6. The van der Waals surface area contributed by atoms with Gasteiger partial charge in [0.2, 0.25) is 5.91 Å². The number of carbonyl (C=O) groups is 1. The Balaban J connectivity index is 1.39. The summed E-state index contributed by atoms with van der Waals surface area (Å²) in [6.45, 7) is 0.842. The Bertz CT molecular complexity index is 452. The third-order valence-corrected chi connectivity index (χ3v) is 5.08. The van der Waals surface area contributed by atoms with Gasteiger partial charge >= 0.3 is 0 Å². The first-order valence-corrected chi connectivity index (χ1v) is 8.60. The molecular formula is C14H22N4OS. The van der Waals surface area contributed by atoms with E-state index in [0.717, 1.165) is 11.7 Å². The van der Waals surface area contributed by atoms with Gasteiger partial charge in [0.15, 0.2) is 5.16 Å². The number of thioether (sulfide) groups is 1. The molecule has 0 radical (unpaired) electrons. The molecule has 0 bridgehead atoms. The fraction of sp³-hybridized carbons (Fsp3) is 0.786. The molecule has 3 rings (SSSR count). The summed E-state index contributed by atoms with van der Waals surface area (Å²) in [4.78, 5) is 11.9. The highest BCUT2D eigenvalue weighted by Gasteiger charge is 2.26. The van der Waals surface area contributed by atoms with Gasteiger partial charge in [-0.25, -0.2) is 0 Å². The van der Waals surface area contributed by atoms with E-state index in [1.807, 2.05) is 0 Å². The molecule has 1 aromatic heterocycles. The molecule has 1 amide bonds. The number of nitrogens with one attached hydrogen (secondary N) is 1. The zero-order chi connectivity index (χ0) is 13.8. The highest BCUT2D eigenvalue weighted by molar-refractivity contribution is 7.99. The van der Waals surface area contributed by atoms with E-state index in [9.17, 15) is 4.79 Å². The Kier molecular flexibility index (Phi) is 4.60. The molecule has 0 atom stereocenters. The van der Waals surface area contributed by atoms with E-state index >= 15 is 0 Å².